The van der Waals surface area contributed by atoms with E-state index in [0.717, 1.165) is 94.2 Å². The first-order valence-corrected chi connectivity index (χ1v) is 21.5. The maximum Gasteiger partial charge on any atom is 0.235 e. The van der Waals surface area contributed by atoms with Gasteiger partial charge in [0.1, 0.15) is 27.9 Å². The van der Waals surface area contributed by atoms with Crippen LogP contribution in [0.3, 0.4) is 0 Å². The van der Waals surface area contributed by atoms with Crippen LogP contribution in [0.25, 0.3) is 127 Å². The van der Waals surface area contributed by atoms with E-state index in [9.17, 15) is 0 Å². The Labute approximate surface area is 365 Å². The largest absolute Gasteiger partial charge is 0.456 e. The summed E-state index contributed by atoms with van der Waals surface area (Å²) in [6, 6.07) is 70.8. The zero-order valence-corrected chi connectivity index (χ0v) is 34.2. The van der Waals surface area contributed by atoms with E-state index in [2.05, 4.69) is 173 Å². The van der Waals surface area contributed by atoms with E-state index in [-0.39, 0.29) is 0 Å². The van der Waals surface area contributed by atoms with Crippen LogP contribution in [0.4, 0.5) is 0 Å². The molecule has 0 unspecified atom stereocenters. The van der Waals surface area contributed by atoms with Crippen molar-refractivity contribution in [3.8, 4) is 39.7 Å². The number of hydrogen-bond donors (Lipinski definition) is 0. The van der Waals surface area contributed by atoms with Gasteiger partial charge in [-0.25, -0.2) is 14.6 Å². The highest BCUT2D eigenvalue weighted by molar-refractivity contribution is 6.22. The Kier molecular flexibility index (Phi) is 7.27. The van der Waals surface area contributed by atoms with Gasteiger partial charge >= 0.3 is 0 Å². The van der Waals surface area contributed by atoms with E-state index in [1.807, 2.05) is 47.3 Å². The molecule has 0 saturated heterocycles. The number of aromatic nitrogens is 6. The predicted molar refractivity (Wildman–Crippen MR) is 261 cm³/mol. The molecule has 0 N–H and O–H groups in total. The highest BCUT2D eigenvalue weighted by Gasteiger charge is 2.22. The molecule has 7 heteroatoms. The van der Waals surface area contributed by atoms with Crippen LogP contribution in [-0.4, -0.2) is 28.9 Å². The van der Waals surface area contributed by atoms with E-state index >= 15 is 0 Å². The molecule has 0 amide bonds. The van der Waals surface area contributed by atoms with Crippen molar-refractivity contribution >= 4 is 87.4 Å². The van der Waals surface area contributed by atoms with Crippen LogP contribution >= 0.6 is 0 Å². The van der Waals surface area contributed by atoms with Crippen molar-refractivity contribution in [2.24, 2.45) is 0 Å². The summed E-state index contributed by atoms with van der Waals surface area (Å²) in [5.74, 6) is 0.595. The van der Waals surface area contributed by atoms with Gasteiger partial charge in [0.25, 0.3) is 0 Å². The summed E-state index contributed by atoms with van der Waals surface area (Å²) in [5, 5.41) is 14.2. The smallest absolute Gasteiger partial charge is 0.235 e. The van der Waals surface area contributed by atoms with Crippen molar-refractivity contribution in [2.45, 2.75) is 0 Å². The lowest BCUT2D eigenvalue weighted by Gasteiger charge is -2.12. The van der Waals surface area contributed by atoms with Gasteiger partial charge in [0.15, 0.2) is 0 Å². The van der Waals surface area contributed by atoms with Crippen LogP contribution < -0.4 is 0 Å². The first-order valence-electron chi connectivity index (χ1n) is 21.5. The van der Waals surface area contributed by atoms with Gasteiger partial charge in [0.2, 0.25) is 5.95 Å². The fourth-order valence-corrected chi connectivity index (χ4v) is 10.1. The van der Waals surface area contributed by atoms with Crippen molar-refractivity contribution < 1.29 is 4.42 Å². The maximum atomic E-state index is 6.21. The molecule has 298 valence electrons. The van der Waals surface area contributed by atoms with E-state index in [1.165, 1.54) is 26.9 Å². The standard InChI is InChI=1S/C57H34N6O/c1-3-14-36(15-4-1)55-56-47(34-58-63(56)39-16-5-2-6-17-39)59-57(60-55)62-50-28-25-38(32-46(50)54-41-18-8-7-13-35(41)23-29-51(54)62)37-24-27-49-44(31-37)42-19-9-11-21-48(42)61(49)40-26-30-53-45(33-40)43-20-10-12-22-52(43)64-53/h1-34H. The van der Waals surface area contributed by atoms with Crippen molar-refractivity contribution in [2.75, 3.05) is 0 Å². The molecule has 7 nitrogen and oxygen atoms in total. The SMILES string of the molecule is c1ccc(-c2nc(-n3c4ccc(-c5ccc6c(c5)c5ccccc5n6-c5ccc6oc7ccccc7c6c5)cc4c4c5ccccc5ccc43)nc3cnn(-c4ccccc4)c23)cc1. The average Bonchev–Trinajstić information content (AvgIpc) is 4.13. The number of nitrogens with zero attached hydrogens (tertiary/aromatic N) is 6. The summed E-state index contributed by atoms with van der Waals surface area (Å²) in [6.45, 7) is 0. The monoisotopic (exact) mass is 818 g/mol. The van der Waals surface area contributed by atoms with Crippen molar-refractivity contribution in [1.29, 1.82) is 0 Å². The van der Waals surface area contributed by atoms with Crippen molar-refractivity contribution in [3.05, 3.63) is 206 Å². The minimum atomic E-state index is 0.595. The van der Waals surface area contributed by atoms with Gasteiger partial charge in [-0.2, -0.15) is 5.10 Å². The first kappa shape index (κ1) is 34.9. The summed E-state index contributed by atoms with van der Waals surface area (Å²) in [5.41, 5.74) is 14.0. The van der Waals surface area contributed by atoms with Gasteiger partial charge in [-0.05, 0) is 94.7 Å². The Balaban J connectivity index is 0.980. The zero-order chi connectivity index (χ0) is 41.9. The second-order valence-electron chi connectivity index (χ2n) is 16.5. The molecule has 0 aliphatic carbocycles. The quantitative estimate of drug-likeness (QED) is 0.173. The topological polar surface area (TPSA) is 66.6 Å². The Bertz CT molecular complexity index is 4190. The lowest BCUT2D eigenvalue weighted by atomic mass is 9.99. The van der Waals surface area contributed by atoms with Gasteiger partial charge < -0.3 is 8.98 Å². The second-order valence-corrected chi connectivity index (χ2v) is 16.5. The second kappa shape index (κ2) is 13.3. The van der Waals surface area contributed by atoms with Gasteiger partial charge in [0, 0.05) is 43.6 Å². The number of rotatable bonds is 5. The third kappa shape index (κ3) is 5.06. The fraction of sp³-hybridized carbons (Fsp3) is 0. The maximum absolute atomic E-state index is 6.21. The van der Waals surface area contributed by atoms with Crippen LogP contribution in [0.1, 0.15) is 0 Å². The molecule has 5 heterocycles. The average molecular weight is 819 g/mol. The summed E-state index contributed by atoms with van der Waals surface area (Å²) >= 11 is 0. The highest BCUT2D eigenvalue weighted by atomic mass is 16.3. The fourth-order valence-electron chi connectivity index (χ4n) is 10.1. The minimum Gasteiger partial charge on any atom is -0.456 e. The van der Waals surface area contributed by atoms with Crippen LogP contribution in [0, 0.1) is 0 Å². The number of fused-ring (bicyclic) bond motifs is 12. The van der Waals surface area contributed by atoms with E-state index in [4.69, 9.17) is 19.5 Å². The molecular weight excluding hydrogens is 785 g/mol. The molecule has 0 fully saturated rings. The molecule has 0 aliphatic rings. The molecule has 0 radical (unpaired) electrons. The summed E-state index contributed by atoms with van der Waals surface area (Å²) < 4.78 is 12.8. The normalized spacial score (nSPS) is 12.1. The zero-order valence-electron chi connectivity index (χ0n) is 34.2. The lowest BCUT2D eigenvalue weighted by molar-refractivity contribution is 0.669. The Morgan fingerprint density at radius 2 is 1.05 bits per heavy atom. The molecule has 0 saturated carbocycles. The minimum absolute atomic E-state index is 0.595. The van der Waals surface area contributed by atoms with Gasteiger partial charge in [-0.1, -0.05) is 127 Å². The highest BCUT2D eigenvalue weighted by Crippen LogP contribution is 2.42. The van der Waals surface area contributed by atoms with Crippen LogP contribution in [0.5, 0.6) is 0 Å². The Morgan fingerprint density at radius 1 is 0.391 bits per heavy atom. The van der Waals surface area contributed by atoms with Crippen molar-refractivity contribution in [3.63, 3.8) is 0 Å². The molecule has 0 atom stereocenters. The molecule has 14 aromatic rings. The Hall–Kier alpha value is -8.81. The number of hydrogen-bond acceptors (Lipinski definition) is 4. The van der Waals surface area contributed by atoms with E-state index in [1.54, 1.807) is 0 Å². The Morgan fingerprint density at radius 3 is 1.89 bits per heavy atom. The van der Waals surface area contributed by atoms with Gasteiger partial charge in [0.05, 0.1) is 34.0 Å². The van der Waals surface area contributed by atoms with Crippen LogP contribution in [0.15, 0.2) is 211 Å². The van der Waals surface area contributed by atoms with E-state index in [0.29, 0.717) is 5.95 Å². The molecule has 0 spiro atoms. The summed E-state index contributed by atoms with van der Waals surface area (Å²) in [4.78, 5) is 10.7. The molecule has 14 rings (SSSR count). The van der Waals surface area contributed by atoms with Crippen LogP contribution in [-0.2, 0) is 0 Å². The summed E-state index contributed by atoms with van der Waals surface area (Å²) in [6.07, 6.45) is 1.85. The predicted octanol–water partition coefficient (Wildman–Crippen LogP) is 14.4. The van der Waals surface area contributed by atoms with E-state index < -0.39 is 0 Å². The summed E-state index contributed by atoms with van der Waals surface area (Å²) in [7, 11) is 0. The lowest BCUT2D eigenvalue weighted by Crippen LogP contribution is -2.05. The number of para-hydroxylation sites is 3. The molecular formula is C57H34N6O. The van der Waals surface area contributed by atoms with Crippen LogP contribution in [0.2, 0.25) is 0 Å². The molecule has 5 aromatic heterocycles. The molecule has 64 heavy (non-hydrogen) atoms. The van der Waals surface area contributed by atoms with Crippen molar-refractivity contribution in [1.82, 2.24) is 28.9 Å². The molecule has 9 aromatic carbocycles. The van der Waals surface area contributed by atoms with Gasteiger partial charge in [-0.15, -0.1) is 0 Å². The first-order chi connectivity index (χ1) is 31.7. The van der Waals surface area contributed by atoms with Gasteiger partial charge in [-0.3, -0.25) is 4.57 Å². The third-order valence-corrected chi connectivity index (χ3v) is 12.9. The third-order valence-electron chi connectivity index (χ3n) is 12.9. The number of furan rings is 1. The molecule has 0 aliphatic heterocycles. The number of benzene rings is 9. The molecule has 0 bridgehead atoms.